The molecule has 5 nitrogen and oxygen atoms in total. The lowest BCUT2D eigenvalue weighted by atomic mass is 10.1. The van der Waals surface area contributed by atoms with Gasteiger partial charge in [-0.05, 0) is 18.6 Å². The first-order valence-corrected chi connectivity index (χ1v) is 7.23. The SMILES string of the molecule is CCOC(=O)O[C@H](C#N)c1ccccc1OCc1ccccc1. The van der Waals surface area contributed by atoms with E-state index < -0.39 is 12.3 Å². The van der Waals surface area contributed by atoms with Crippen molar-refractivity contribution in [2.24, 2.45) is 0 Å². The Balaban J connectivity index is 2.12. The van der Waals surface area contributed by atoms with Crippen LogP contribution in [0.25, 0.3) is 0 Å². The highest BCUT2D eigenvalue weighted by Gasteiger charge is 2.20. The van der Waals surface area contributed by atoms with Gasteiger partial charge in [-0.3, -0.25) is 0 Å². The lowest BCUT2D eigenvalue weighted by molar-refractivity contribution is 0.0413. The highest BCUT2D eigenvalue weighted by atomic mass is 16.7. The van der Waals surface area contributed by atoms with Gasteiger partial charge in [0.05, 0.1) is 6.61 Å². The lowest BCUT2D eigenvalue weighted by Gasteiger charge is -2.15. The van der Waals surface area contributed by atoms with E-state index in [2.05, 4.69) is 0 Å². The molecule has 5 heteroatoms. The van der Waals surface area contributed by atoms with Crippen LogP contribution in [0.15, 0.2) is 54.6 Å². The summed E-state index contributed by atoms with van der Waals surface area (Å²) < 4.78 is 15.5. The van der Waals surface area contributed by atoms with Gasteiger partial charge in [-0.25, -0.2) is 4.79 Å². The fraction of sp³-hybridized carbons (Fsp3) is 0.222. The Morgan fingerprint density at radius 3 is 2.52 bits per heavy atom. The van der Waals surface area contributed by atoms with Crippen molar-refractivity contribution >= 4 is 6.16 Å². The minimum Gasteiger partial charge on any atom is -0.488 e. The lowest BCUT2D eigenvalue weighted by Crippen LogP contribution is -2.12. The van der Waals surface area contributed by atoms with E-state index >= 15 is 0 Å². The molecule has 0 aliphatic carbocycles. The fourth-order valence-corrected chi connectivity index (χ4v) is 1.97. The summed E-state index contributed by atoms with van der Waals surface area (Å²) in [5, 5.41) is 9.27. The summed E-state index contributed by atoms with van der Waals surface area (Å²) >= 11 is 0. The van der Waals surface area contributed by atoms with Crippen molar-refractivity contribution in [3.63, 3.8) is 0 Å². The van der Waals surface area contributed by atoms with Crippen molar-refractivity contribution in [2.45, 2.75) is 19.6 Å². The second-order valence-corrected chi connectivity index (χ2v) is 4.62. The molecule has 1 atom stereocenters. The summed E-state index contributed by atoms with van der Waals surface area (Å²) in [5.74, 6) is 0.493. The smallest absolute Gasteiger partial charge is 0.488 e. The van der Waals surface area contributed by atoms with Crippen LogP contribution in [0.4, 0.5) is 4.79 Å². The molecule has 2 rings (SSSR count). The first-order chi connectivity index (χ1) is 11.2. The molecule has 0 aliphatic heterocycles. The third-order valence-corrected chi connectivity index (χ3v) is 3.03. The van der Waals surface area contributed by atoms with E-state index in [1.54, 1.807) is 31.2 Å². The van der Waals surface area contributed by atoms with E-state index in [0.29, 0.717) is 17.9 Å². The number of carbonyl (C=O) groups excluding carboxylic acids is 1. The number of ether oxygens (including phenoxy) is 3. The summed E-state index contributed by atoms with van der Waals surface area (Å²) in [6.07, 6.45) is -1.96. The maximum Gasteiger partial charge on any atom is 0.509 e. The topological polar surface area (TPSA) is 68.5 Å². The van der Waals surface area contributed by atoms with E-state index in [1.165, 1.54) is 0 Å². The van der Waals surface area contributed by atoms with Gasteiger partial charge in [-0.2, -0.15) is 5.26 Å². The quantitative estimate of drug-likeness (QED) is 0.754. The summed E-state index contributed by atoms with van der Waals surface area (Å²) in [7, 11) is 0. The van der Waals surface area contributed by atoms with Gasteiger partial charge in [0.25, 0.3) is 0 Å². The van der Waals surface area contributed by atoms with Crippen LogP contribution in [0.3, 0.4) is 0 Å². The van der Waals surface area contributed by atoms with Crippen LogP contribution in [0.5, 0.6) is 5.75 Å². The first-order valence-electron chi connectivity index (χ1n) is 7.23. The predicted octanol–water partition coefficient (Wildman–Crippen LogP) is 4.00. The summed E-state index contributed by atoms with van der Waals surface area (Å²) in [5.41, 5.74) is 1.49. The van der Waals surface area contributed by atoms with Gasteiger partial charge in [0, 0.05) is 5.56 Å². The van der Waals surface area contributed by atoms with E-state index in [1.807, 2.05) is 36.4 Å². The Morgan fingerprint density at radius 1 is 1.13 bits per heavy atom. The first kappa shape index (κ1) is 16.4. The van der Waals surface area contributed by atoms with Gasteiger partial charge in [0.15, 0.2) is 0 Å². The molecule has 2 aromatic rings. The number of nitriles is 1. The van der Waals surface area contributed by atoms with E-state index in [9.17, 15) is 10.1 Å². The van der Waals surface area contributed by atoms with Crippen molar-refractivity contribution in [2.75, 3.05) is 6.61 Å². The Labute approximate surface area is 135 Å². The average molecular weight is 311 g/mol. The molecular weight excluding hydrogens is 294 g/mol. The summed E-state index contributed by atoms with van der Waals surface area (Å²) in [4.78, 5) is 11.4. The molecule has 0 aromatic heterocycles. The van der Waals surface area contributed by atoms with Gasteiger partial charge in [-0.1, -0.05) is 48.5 Å². The minimum atomic E-state index is -1.08. The highest BCUT2D eigenvalue weighted by Crippen LogP contribution is 2.28. The maximum atomic E-state index is 11.4. The van der Waals surface area contributed by atoms with E-state index in [0.717, 1.165) is 5.56 Å². The van der Waals surface area contributed by atoms with Crippen molar-refractivity contribution in [1.29, 1.82) is 5.26 Å². The number of nitrogens with zero attached hydrogens (tertiary/aromatic N) is 1. The molecule has 0 radical (unpaired) electrons. The fourth-order valence-electron chi connectivity index (χ4n) is 1.97. The van der Waals surface area contributed by atoms with Crippen molar-refractivity contribution in [3.8, 4) is 11.8 Å². The monoisotopic (exact) mass is 311 g/mol. The predicted molar refractivity (Wildman–Crippen MR) is 83.7 cm³/mol. The zero-order valence-corrected chi connectivity index (χ0v) is 12.8. The van der Waals surface area contributed by atoms with Crippen LogP contribution in [-0.2, 0) is 16.1 Å². The Kier molecular flexibility index (Phi) is 6.01. The van der Waals surface area contributed by atoms with Gasteiger partial charge in [-0.15, -0.1) is 0 Å². The molecule has 0 fully saturated rings. The van der Waals surface area contributed by atoms with E-state index in [4.69, 9.17) is 14.2 Å². The molecule has 0 heterocycles. The second-order valence-electron chi connectivity index (χ2n) is 4.62. The van der Waals surface area contributed by atoms with Crippen LogP contribution < -0.4 is 4.74 Å². The average Bonchev–Trinajstić information content (AvgIpc) is 2.59. The van der Waals surface area contributed by atoms with Gasteiger partial charge < -0.3 is 14.2 Å². The van der Waals surface area contributed by atoms with Crippen molar-refractivity contribution in [3.05, 3.63) is 65.7 Å². The Bertz CT molecular complexity index is 679. The van der Waals surface area contributed by atoms with Crippen LogP contribution in [0.1, 0.15) is 24.2 Å². The standard InChI is InChI=1S/C18H17NO4/c1-2-21-18(20)23-17(12-19)15-10-6-7-11-16(15)22-13-14-8-4-3-5-9-14/h3-11,17H,2,13H2,1H3/t17-/m1/s1. The molecule has 0 aliphatic rings. The third kappa shape index (κ3) is 4.75. The molecule has 118 valence electrons. The molecule has 0 saturated carbocycles. The summed E-state index contributed by atoms with van der Waals surface area (Å²) in [6, 6.07) is 18.6. The molecule has 0 bridgehead atoms. The zero-order chi connectivity index (χ0) is 16.5. The number of carbonyl (C=O) groups is 1. The van der Waals surface area contributed by atoms with Crippen LogP contribution in [0.2, 0.25) is 0 Å². The molecule has 23 heavy (non-hydrogen) atoms. The largest absolute Gasteiger partial charge is 0.509 e. The Hall–Kier alpha value is -3.00. The molecule has 0 spiro atoms. The van der Waals surface area contributed by atoms with Crippen LogP contribution in [-0.4, -0.2) is 12.8 Å². The van der Waals surface area contributed by atoms with Gasteiger partial charge in [0.1, 0.15) is 18.4 Å². The minimum absolute atomic E-state index is 0.184. The highest BCUT2D eigenvalue weighted by molar-refractivity contribution is 5.61. The maximum absolute atomic E-state index is 11.4. The number of rotatable bonds is 6. The number of para-hydroxylation sites is 1. The van der Waals surface area contributed by atoms with E-state index in [-0.39, 0.29) is 6.61 Å². The second kappa shape index (κ2) is 8.44. The number of hydrogen-bond donors (Lipinski definition) is 0. The normalized spacial score (nSPS) is 11.1. The van der Waals surface area contributed by atoms with Gasteiger partial charge >= 0.3 is 6.16 Å². The molecule has 0 amide bonds. The zero-order valence-electron chi connectivity index (χ0n) is 12.8. The van der Waals surface area contributed by atoms with Gasteiger partial charge in [0.2, 0.25) is 6.10 Å². The third-order valence-electron chi connectivity index (χ3n) is 3.03. The molecular formula is C18H17NO4. The van der Waals surface area contributed by atoms with Crippen molar-refractivity contribution in [1.82, 2.24) is 0 Å². The molecule has 0 saturated heterocycles. The number of benzene rings is 2. The molecule has 2 aromatic carbocycles. The van der Waals surface area contributed by atoms with Crippen LogP contribution in [0, 0.1) is 11.3 Å². The summed E-state index contributed by atoms with van der Waals surface area (Å²) in [6.45, 7) is 2.21. The molecule has 0 N–H and O–H groups in total. The molecule has 0 unspecified atom stereocenters. The Morgan fingerprint density at radius 2 is 1.83 bits per heavy atom. The number of hydrogen-bond acceptors (Lipinski definition) is 5. The van der Waals surface area contributed by atoms with Crippen molar-refractivity contribution < 1.29 is 19.0 Å². The van der Waals surface area contributed by atoms with Crippen LogP contribution >= 0.6 is 0 Å².